The average molecular weight is 1350 g/mol. The summed E-state index contributed by atoms with van der Waals surface area (Å²) in [5.41, 5.74) is 4.11. The van der Waals surface area contributed by atoms with Crippen molar-refractivity contribution in [1.29, 1.82) is 0 Å². The minimum absolute atomic E-state index is 0.653. The van der Waals surface area contributed by atoms with E-state index in [2.05, 4.69) is 222 Å². The zero-order valence-electron chi connectivity index (χ0n) is 73.4. The molecule has 0 aromatic heterocycles. The fraction of sp³-hybridized carbons (Fsp3) is 1.00. The van der Waals surface area contributed by atoms with Gasteiger partial charge in [0.2, 0.25) is 0 Å². The summed E-state index contributed by atoms with van der Waals surface area (Å²) in [6, 6.07) is 0. The third-order valence-corrected chi connectivity index (χ3v) is 31.0. The van der Waals surface area contributed by atoms with Gasteiger partial charge in [0.15, 0.2) is 0 Å². The third-order valence-electron chi connectivity index (χ3n) is 31.0. The lowest BCUT2D eigenvalue weighted by Gasteiger charge is -2.22. The number of rotatable bonds is 4. The van der Waals surface area contributed by atoms with Crippen molar-refractivity contribution in [1.82, 2.24) is 0 Å². The van der Waals surface area contributed by atoms with Crippen LogP contribution in [-0.2, 0) is 0 Å². The van der Waals surface area contributed by atoms with Crippen LogP contribution in [0.2, 0.25) is 0 Å². The normalized spacial score (nSPS) is 37.2. The first-order valence-electron chi connectivity index (χ1n) is 44.5. The van der Waals surface area contributed by atoms with Crippen molar-refractivity contribution in [3.05, 3.63) is 0 Å². The summed E-state index contributed by atoms with van der Waals surface area (Å²) >= 11 is 0. The van der Waals surface area contributed by atoms with Gasteiger partial charge in [-0.05, 0) is 241 Å². The van der Waals surface area contributed by atoms with Gasteiger partial charge in [-0.25, -0.2) is 0 Å². The van der Waals surface area contributed by atoms with Gasteiger partial charge in [-0.2, -0.15) is 0 Å². The van der Waals surface area contributed by atoms with Gasteiger partial charge in [-0.1, -0.05) is 376 Å². The SMILES string of the molecule is CC(C)C1CCCC1.CC1CC(C)C(C)C1.CC1CC(C)[C@@H](C)C1.CC1CCC(C)(C)C1.CC1CCC(C)C1C.CC1CCC(C)C1C.CC1CCCC1(C)C.CCC1(C)CCCC1.CCC1(C)CCCC1.CCC1CCCC1C.C[C@H]1CCC(C)(C)C1.C[C@H]1CCCC1(C)C. The van der Waals surface area contributed by atoms with Crippen LogP contribution in [-0.4, -0.2) is 0 Å². The summed E-state index contributed by atoms with van der Waals surface area (Å²) in [7, 11) is 0. The average Bonchev–Trinajstić information content (AvgIpc) is 2.40. The standard InChI is InChI=1S/12C8H16/c2*1-6-4-7(2)8(3)5-6;2*1-7-4-5-8(2,3)6-7;2*1-7-5-4-6-8(7,2)3;2*1-6-4-5-7(2)8(6)3;1-7(2)8-5-3-4-6-8;2*1-3-8(2)6-4-5-7-8;1-3-8-6-4-5-7(8)2/h2*6-8H,4-5H2,1-3H3;4*7H,4-6H2,1-3H3;2*6-8H,4-5H2,1-3H3;7-8H,3-6H2,1-2H3;2*3-7H2,1-2H3;7-8H,3-6H2,1-2H3/t6?,7-,8?;;7-;;7-;;;;;;;/m0.0.0......./s1. The molecule has 0 aromatic carbocycles. The van der Waals surface area contributed by atoms with Crippen LogP contribution in [0, 0.1) is 151 Å². The van der Waals surface area contributed by atoms with Crippen molar-refractivity contribution in [3.8, 4) is 0 Å². The van der Waals surface area contributed by atoms with E-state index in [1.54, 1.807) is 0 Å². The maximum atomic E-state index is 2.42. The summed E-state index contributed by atoms with van der Waals surface area (Å²) in [4.78, 5) is 0. The molecule has 12 aliphatic carbocycles. The molecular formula is C96H192. The van der Waals surface area contributed by atoms with Gasteiger partial charge in [0, 0.05) is 0 Å². The van der Waals surface area contributed by atoms with Crippen molar-refractivity contribution in [3.63, 3.8) is 0 Å². The molecule has 0 amide bonds. The summed E-state index contributed by atoms with van der Waals surface area (Å²) in [5.74, 6) is 19.9. The van der Waals surface area contributed by atoms with Gasteiger partial charge in [0.25, 0.3) is 0 Å². The first-order valence-corrected chi connectivity index (χ1v) is 44.5. The molecule has 0 aromatic rings. The molecule has 576 valence electrons. The fourth-order valence-corrected chi connectivity index (χ4v) is 20.1. The molecule has 0 radical (unpaired) electrons. The minimum atomic E-state index is 0.653. The summed E-state index contributed by atoms with van der Waals surface area (Å²) in [5, 5.41) is 0. The van der Waals surface area contributed by atoms with Crippen LogP contribution < -0.4 is 0 Å². The van der Waals surface area contributed by atoms with E-state index in [0.29, 0.717) is 21.7 Å². The predicted octanol–water partition coefficient (Wildman–Crippen LogP) is 33.7. The van der Waals surface area contributed by atoms with Crippen LogP contribution in [0.3, 0.4) is 0 Å². The quantitative estimate of drug-likeness (QED) is 0.263. The maximum absolute atomic E-state index is 2.42. The van der Waals surface area contributed by atoms with Crippen molar-refractivity contribution >= 4 is 0 Å². The van der Waals surface area contributed by atoms with Gasteiger partial charge >= 0.3 is 0 Å². The minimum Gasteiger partial charge on any atom is -0.0651 e. The molecule has 0 saturated heterocycles. The molecule has 0 nitrogen and oxygen atoms in total. The van der Waals surface area contributed by atoms with E-state index in [4.69, 9.17) is 0 Å². The Labute approximate surface area is 612 Å². The monoisotopic (exact) mass is 1350 g/mol. The molecule has 15 atom stereocenters. The highest BCUT2D eigenvalue weighted by Crippen LogP contribution is 2.46. The highest BCUT2D eigenvalue weighted by molar-refractivity contribution is 4.85. The van der Waals surface area contributed by atoms with E-state index >= 15 is 0 Å². The van der Waals surface area contributed by atoms with E-state index < -0.39 is 0 Å². The van der Waals surface area contributed by atoms with Crippen LogP contribution >= 0.6 is 0 Å². The van der Waals surface area contributed by atoms with Gasteiger partial charge in [0.1, 0.15) is 0 Å². The first kappa shape index (κ1) is 94.0. The van der Waals surface area contributed by atoms with Gasteiger partial charge in [0.05, 0.1) is 0 Å². The van der Waals surface area contributed by atoms with Crippen molar-refractivity contribution in [2.75, 3.05) is 0 Å². The van der Waals surface area contributed by atoms with Crippen LogP contribution in [0.5, 0.6) is 0 Å². The first-order chi connectivity index (χ1) is 44.5. The molecule has 0 bridgehead atoms. The van der Waals surface area contributed by atoms with Crippen molar-refractivity contribution < 1.29 is 0 Å². The number of hydrogen-bond acceptors (Lipinski definition) is 0. The molecule has 0 aliphatic heterocycles. The Bertz CT molecular complexity index is 1690. The molecular weight excluding hydrogens is 1150 g/mol. The second-order valence-corrected chi connectivity index (χ2v) is 42.5. The van der Waals surface area contributed by atoms with Crippen molar-refractivity contribution in [2.24, 2.45) is 151 Å². The Morgan fingerprint density at radius 2 is 0.594 bits per heavy atom. The van der Waals surface area contributed by atoms with Crippen LogP contribution in [0.1, 0.15) is 466 Å². The molecule has 12 unspecified atom stereocenters. The van der Waals surface area contributed by atoms with Crippen molar-refractivity contribution in [2.45, 2.75) is 466 Å². The van der Waals surface area contributed by atoms with Crippen LogP contribution in [0.25, 0.3) is 0 Å². The lowest BCUT2D eigenvalue weighted by molar-refractivity contribution is 0.281. The zero-order valence-corrected chi connectivity index (χ0v) is 73.4. The highest BCUT2D eigenvalue weighted by Gasteiger charge is 2.34. The van der Waals surface area contributed by atoms with E-state index in [0.717, 1.165) is 129 Å². The Kier molecular flexibility index (Phi) is 45.8. The molecule has 0 spiro atoms. The molecule has 0 N–H and O–H groups in total. The predicted molar refractivity (Wildman–Crippen MR) is 441 cm³/mol. The van der Waals surface area contributed by atoms with Gasteiger partial charge in [-0.15, -0.1) is 0 Å². The van der Waals surface area contributed by atoms with Gasteiger partial charge < -0.3 is 0 Å². The second-order valence-electron chi connectivity index (χ2n) is 42.5. The molecule has 0 heterocycles. The summed E-state index contributed by atoms with van der Waals surface area (Å²) in [6.45, 7) is 75.7. The molecule has 0 heteroatoms. The Balaban J connectivity index is 0.000000524. The smallest absolute Gasteiger partial charge is 0.0328 e. The molecule has 12 aliphatic rings. The van der Waals surface area contributed by atoms with E-state index in [1.165, 1.54) is 244 Å². The zero-order chi connectivity index (χ0) is 73.4. The van der Waals surface area contributed by atoms with E-state index in [-0.39, 0.29) is 0 Å². The van der Waals surface area contributed by atoms with Crippen LogP contribution in [0.15, 0.2) is 0 Å². The van der Waals surface area contributed by atoms with Crippen LogP contribution in [0.4, 0.5) is 0 Å². The molecule has 12 rings (SSSR count). The second kappa shape index (κ2) is 46.7. The Morgan fingerprint density at radius 3 is 0.698 bits per heavy atom. The Morgan fingerprint density at radius 1 is 0.281 bits per heavy atom. The maximum Gasteiger partial charge on any atom is -0.0328 e. The summed E-state index contributed by atoms with van der Waals surface area (Å²) in [6.07, 6.45) is 55.4. The molecule has 12 saturated carbocycles. The lowest BCUT2D eigenvalue weighted by Crippen LogP contribution is -2.13. The topological polar surface area (TPSA) is 0 Å². The summed E-state index contributed by atoms with van der Waals surface area (Å²) < 4.78 is 0. The highest BCUT2D eigenvalue weighted by atomic mass is 14.4. The lowest BCUT2D eigenvalue weighted by atomic mass is 9.83. The van der Waals surface area contributed by atoms with E-state index in [1.807, 2.05) is 0 Å². The molecule has 12 fully saturated rings. The largest absolute Gasteiger partial charge is 0.0651 e. The van der Waals surface area contributed by atoms with E-state index in [9.17, 15) is 0 Å². The molecule has 96 heavy (non-hydrogen) atoms. The number of hydrogen-bond donors (Lipinski definition) is 0. The Hall–Kier alpha value is 0. The third kappa shape index (κ3) is 38.7. The fourth-order valence-electron chi connectivity index (χ4n) is 20.1. The van der Waals surface area contributed by atoms with Gasteiger partial charge in [-0.3, -0.25) is 0 Å².